The molecule has 0 bridgehead atoms. The predicted octanol–water partition coefficient (Wildman–Crippen LogP) is 0.238. The maximum Gasteiger partial charge on any atom is 0.255 e. The standard InChI is InChI=1S/C8H12F2N2O/c1-2-7(13)12-4-3-11-6(5-12)8(9)10/h2,6,8,11H,1,3-5H2. The van der Waals surface area contributed by atoms with Gasteiger partial charge in [-0.2, -0.15) is 0 Å². The van der Waals surface area contributed by atoms with Crippen LogP contribution in [0.4, 0.5) is 8.78 Å². The van der Waals surface area contributed by atoms with Crippen LogP contribution >= 0.6 is 0 Å². The predicted molar refractivity (Wildman–Crippen MR) is 44.6 cm³/mol. The smallest absolute Gasteiger partial charge is 0.255 e. The van der Waals surface area contributed by atoms with E-state index in [-0.39, 0.29) is 12.5 Å². The molecule has 74 valence electrons. The van der Waals surface area contributed by atoms with E-state index in [1.807, 2.05) is 0 Å². The SMILES string of the molecule is C=CC(=O)N1CCNC(C(F)F)C1. The first-order valence-electron chi connectivity index (χ1n) is 4.08. The Hall–Kier alpha value is -0.970. The van der Waals surface area contributed by atoms with Gasteiger partial charge >= 0.3 is 0 Å². The molecule has 0 aromatic heterocycles. The second-order valence-corrected chi connectivity index (χ2v) is 2.88. The van der Waals surface area contributed by atoms with Crippen molar-refractivity contribution in [1.29, 1.82) is 0 Å². The summed E-state index contributed by atoms with van der Waals surface area (Å²) in [4.78, 5) is 12.4. The van der Waals surface area contributed by atoms with Gasteiger partial charge in [-0.3, -0.25) is 4.79 Å². The molecular weight excluding hydrogens is 178 g/mol. The van der Waals surface area contributed by atoms with Crippen LogP contribution in [-0.2, 0) is 4.79 Å². The third kappa shape index (κ3) is 2.48. The quantitative estimate of drug-likeness (QED) is 0.632. The molecule has 1 aliphatic rings. The highest BCUT2D eigenvalue weighted by Gasteiger charge is 2.27. The Balaban J connectivity index is 2.51. The minimum atomic E-state index is -2.43. The summed E-state index contributed by atoms with van der Waals surface area (Å²) in [5, 5.41) is 2.65. The molecule has 0 spiro atoms. The first-order chi connectivity index (χ1) is 6.15. The average molecular weight is 190 g/mol. The van der Waals surface area contributed by atoms with Crippen LogP contribution < -0.4 is 5.32 Å². The highest BCUT2D eigenvalue weighted by molar-refractivity contribution is 5.87. The summed E-state index contributed by atoms with van der Waals surface area (Å²) in [6, 6.07) is -0.905. The van der Waals surface area contributed by atoms with E-state index in [0.29, 0.717) is 13.1 Å². The summed E-state index contributed by atoms with van der Waals surface area (Å²) in [7, 11) is 0. The van der Waals surface area contributed by atoms with E-state index >= 15 is 0 Å². The fraction of sp³-hybridized carbons (Fsp3) is 0.625. The van der Waals surface area contributed by atoms with Gasteiger partial charge in [-0.05, 0) is 6.08 Å². The number of rotatable bonds is 2. The van der Waals surface area contributed by atoms with Crippen molar-refractivity contribution >= 4 is 5.91 Å². The average Bonchev–Trinajstić information content (AvgIpc) is 2.17. The molecule has 1 atom stereocenters. The van der Waals surface area contributed by atoms with Crippen LogP contribution in [-0.4, -0.2) is 42.9 Å². The van der Waals surface area contributed by atoms with E-state index in [2.05, 4.69) is 11.9 Å². The van der Waals surface area contributed by atoms with Gasteiger partial charge in [0.15, 0.2) is 0 Å². The topological polar surface area (TPSA) is 32.3 Å². The zero-order valence-corrected chi connectivity index (χ0v) is 7.17. The second kappa shape index (κ2) is 4.32. The third-order valence-corrected chi connectivity index (χ3v) is 2.00. The monoisotopic (exact) mass is 190 g/mol. The third-order valence-electron chi connectivity index (χ3n) is 2.00. The molecule has 1 amide bonds. The Kier molecular flexibility index (Phi) is 3.36. The summed E-state index contributed by atoms with van der Waals surface area (Å²) in [6.45, 7) is 4.24. The minimum Gasteiger partial charge on any atom is -0.336 e. The molecule has 13 heavy (non-hydrogen) atoms. The van der Waals surface area contributed by atoms with Crippen LogP contribution in [0.5, 0.6) is 0 Å². The fourth-order valence-electron chi connectivity index (χ4n) is 1.28. The summed E-state index contributed by atoms with van der Waals surface area (Å²) in [5.74, 6) is -0.285. The number of carbonyl (C=O) groups excluding carboxylic acids is 1. The number of hydrogen-bond donors (Lipinski definition) is 1. The largest absolute Gasteiger partial charge is 0.336 e. The first kappa shape index (κ1) is 10.1. The first-order valence-corrected chi connectivity index (χ1v) is 4.08. The Bertz CT molecular complexity index is 208. The molecule has 0 saturated carbocycles. The van der Waals surface area contributed by atoms with Crippen molar-refractivity contribution in [2.75, 3.05) is 19.6 Å². The number of amides is 1. The van der Waals surface area contributed by atoms with E-state index in [1.165, 1.54) is 4.90 Å². The minimum absolute atomic E-state index is 0.0581. The highest BCUT2D eigenvalue weighted by atomic mass is 19.3. The number of carbonyl (C=O) groups is 1. The molecule has 1 N–H and O–H groups in total. The summed E-state index contributed by atoms with van der Waals surface area (Å²) in [5.41, 5.74) is 0. The Morgan fingerprint density at radius 1 is 1.69 bits per heavy atom. The van der Waals surface area contributed by atoms with Crippen molar-refractivity contribution in [2.24, 2.45) is 0 Å². The van der Waals surface area contributed by atoms with Crippen molar-refractivity contribution in [3.63, 3.8) is 0 Å². The van der Waals surface area contributed by atoms with Crippen molar-refractivity contribution in [3.05, 3.63) is 12.7 Å². The van der Waals surface area contributed by atoms with Crippen molar-refractivity contribution < 1.29 is 13.6 Å². The van der Waals surface area contributed by atoms with Gasteiger partial charge in [-0.15, -0.1) is 0 Å². The van der Waals surface area contributed by atoms with E-state index in [1.54, 1.807) is 0 Å². The number of halogens is 2. The van der Waals surface area contributed by atoms with Gasteiger partial charge in [0, 0.05) is 19.6 Å². The molecule has 0 aromatic rings. The molecule has 1 heterocycles. The molecule has 3 nitrogen and oxygen atoms in total. The van der Waals surface area contributed by atoms with E-state index in [4.69, 9.17) is 0 Å². The van der Waals surface area contributed by atoms with E-state index in [0.717, 1.165) is 6.08 Å². The molecule has 0 aromatic carbocycles. The lowest BCUT2D eigenvalue weighted by Gasteiger charge is -2.32. The lowest BCUT2D eigenvalue weighted by atomic mass is 10.2. The van der Waals surface area contributed by atoms with Gasteiger partial charge < -0.3 is 10.2 Å². The molecule has 1 saturated heterocycles. The van der Waals surface area contributed by atoms with Gasteiger partial charge in [-0.25, -0.2) is 8.78 Å². The lowest BCUT2D eigenvalue weighted by Crippen LogP contribution is -2.55. The maximum absolute atomic E-state index is 12.2. The lowest BCUT2D eigenvalue weighted by molar-refractivity contribution is -0.127. The van der Waals surface area contributed by atoms with Crippen LogP contribution in [0.15, 0.2) is 12.7 Å². The molecule has 1 unspecified atom stereocenters. The van der Waals surface area contributed by atoms with Crippen LogP contribution in [0.1, 0.15) is 0 Å². The maximum atomic E-state index is 12.2. The number of nitrogens with one attached hydrogen (secondary N) is 1. The highest BCUT2D eigenvalue weighted by Crippen LogP contribution is 2.07. The molecule has 1 fully saturated rings. The van der Waals surface area contributed by atoms with E-state index in [9.17, 15) is 13.6 Å². The number of nitrogens with zero attached hydrogens (tertiary/aromatic N) is 1. The summed E-state index contributed by atoms with van der Waals surface area (Å²) in [6.07, 6.45) is -1.28. The van der Waals surface area contributed by atoms with Crippen LogP contribution in [0.25, 0.3) is 0 Å². The van der Waals surface area contributed by atoms with E-state index < -0.39 is 12.5 Å². The molecule has 5 heteroatoms. The molecule has 0 aliphatic carbocycles. The zero-order valence-electron chi connectivity index (χ0n) is 7.17. The van der Waals surface area contributed by atoms with Crippen molar-refractivity contribution in [2.45, 2.75) is 12.5 Å². The van der Waals surface area contributed by atoms with Crippen molar-refractivity contribution in [1.82, 2.24) is 10.2 Å². The number of piperazine rings is 1. The fourth-order valence-corrected chi connectivity index (χ4v) is 1.28. The van der Waals surface area contributed by atoms with Crippen LogP contribution in [0.2, 0.25) is 0 Å². The second-order valence-electron chi connectivity index (χ2n) is 2.88. The summed E-state index contributed by atoms with van der Waals surface area (Å²) >= 11 is 0. The molecule has 1 rings (SSSR count). The van der Waals surface area contributed by atoms with Gasteiger partial charge in [-0.1, -0.05) is 6.58 Å². The molecule has 1 aliphatic heterocycles. The van der Waals surface area contributed by atoms with Crippen LogP contribution in [0.3, 0.4) is 0 Å². The van der Waals surface area contributed by atoms with Gasteiger partial charge in [0.2, 0.25) is 5.91 Å². The van der Waals surface area contributed by atoms with Crippen molar-refractivity contribution in [3.8, 4) is 0 Å². The van der Waals surface area contributed by atoms with Gasteiger partial charge in [0.25, 0.3) is 6.43 Å². The Morgan fingerprint density at radius 3 is 2.92 bits per heavy atom. The molecular formula is C8H12F2N2O. The van der Waals surface area contributed by atoms with Gasteiger partial charge in [0.1, 0.15) is 0 Å². The Morgan fingerprint density at radius 2 is 2.38 bits per heavy atom. The Labute approximate surface area is 75.4 Å². The number of alkyl halides is 2. The number of hydrogen-bond acceptors (Lipinski definition) is 2. The summed E-state index contributed by atoms with van der Waals surface area (Å²) < 4.78 is 24.5. The van der Waals surface area contributed by atoms with Crippen LogP contribution in [0, 0.1) is 0 Å². The van der Waals surface area contributed by atoms with Gasteiger partial charge in [0.05, 0.1) is 6.04 Å². The molecule has 0 radical (unpaired) electrons. The normalized spacial score (nSPS) is 23.3. The zero-order chi connectivity index (χ0) is 9.84.